The van der Waals surface area contributed by atoms with Gasteiger partial charge >= 0.3 is 0 Å². The van der Waals surface area contributed by atoms with Gasteiger partial charge in [-0.15, -0.1) is 0 Å². The number of hydrogen-bond donors (Lipinski definition) is 1. The molecule has 1 unspecified atom stereocenters. The van der Waals surface area contributed by atoms with Gasteiger partial charge in [0, 0.05) is 50.0 Å². The number of ether oxygens (including phenoxy) is 1. The Balaban J connectivity index is 1.58. The monoisotopic (exact) mass is 568 g/mol. The van der Waals surface area contributed by atoms with Crippen LogP contribution in [0.25, 0.3) is 0 Å². The zero-order chi connectivity index (χ0) is 29.5. The Morgan fingerprint density at radius 3 is 2.33 bits per heavy atom. The van der Waals surface area contributed by atoms with Crippen molar-refractivity contribution in [1.29, 1.82) is 0 Å². The highest BCUT2D eigenvalue weighted by atomic mass is 16.5. The van der Waals surface area contributed by atoms with E-state index in [1.165, 1.54) is 5.56 Å². The molecule has 0 aromatic heterocycles. The van der Waals surface area contributed by atoms with E-state index in [1.54, 1.807) is 6.07 Å². The molecule has 1 heterocycles. The second-order valence-corrected chi connectivity index (χ2v) is 11.8. The summed E-state index contributed by atoms with van der Waals surface area (Å²) in [5, 5.41) is 11.4. The standard InChI is InChI=1S/C36H44N2O4/c1-3-33(39)34(29-14-8-9-15-30(29)35(40)36(41)19-10-5-11-20-36)31-17-16-28(38-22-24-42-25-23-38)26-32(31)37(2)21-18-27-12-6-4-7-13-27/h4,6-9,12-17,26,34,41H,3,5,10-11,18-25H2,1-2H3. The van der Waals surface area contributed by atoms with Crippen LogP contribution in [0.1, 0.15) is 78.4 Å². The lowest BCUT2D eigenvalue weighted by atomic mass is 9.75. The quantitative estimate of drug-likeness (QED) is 0.278. The van der Waals surface area contributed by atoms with Gasteiger partial charge < -0.3 is 19.6 Å². The van der Waals surface area contributed by atoms with Crippen molar-refractivity contribution in [1.82, 2.24) is 0 Å². The van der Waals surface area contributed by atoms with Gasteiger partial charge in [-0.2, -0.15) is 0 Å². The number of hydrogen-bond acceptors (Lipinski definition) is 6. The number of ketones is 2. The van der Waals surface area contributed by atoms with E-state index in [-0.39, 0.29) is 11.6 Å². The molecule has 6 heteroatoms. The summed E-state index contributed by atoms with van der Waals surface area (Å²) in [6.45, 7) is 5.68. The molecule has 6 nitrogen and oxygen atoms in total. The SMILES string of the molecule is CCC(=O)C(c1ccccc1C(=O)C1(O)CCCCC1)c1ccc(N2CCOCC2)cc1N(C)CCc1ccccc1. The molecule has 0 amide bonds. The molecule has 1 aliphatic heterocycles. The Morgan fingerprint density at radius 1 is 0.929 bits per heavy atom. The lowest BCUT2D eigenvalue weighted by molar-refractivity contribution is -0.119. The third kappa shape index (κ3) is 6.61. The molecule has 1 aliphatic carbocycles. The van der Waals surface area contributed by atoms with Crippen LogP contribution in [0.5, 0.6) is 0 Å². The number of likely N-dealkylation sites (N-methyl/N-ethyl adjacent to an activating group) is 1. The van der Waals surface area contributed by atoms with Crippen LogP contribution in [0.2, 0.25) is 0 Å². The van der Waals surface area contributed by atoms with Crippen LogP contribution in [-0.2, 0) is 16.0 Å². The highest BCUT2D eigenvalue weighted by Gasteiger charge is 2.40. The molecule has 42 heavy (non-hydrogen) atoms. The van der Waals surface area contributed by atoms with Gasteiger partial charge in [0.2, 0.25) is 0 Å². The minimum absolute atomic E-state index is 0.0581. The summed E-state index contributed by atoms with van der Waals surface area (Å²) in [4.78, 5) is 32.4. The first-order chi connectivity index (χ1) is 20.4. The summed E-state index contributed by atoms with van der Waals surface area (Å²) in [6.07, 6.45) is 4.84. The molecular formula is C36H44N2O4. The van der Waals surface area contributed by atoms with Crippen LogP contribution in [0.4, 0.5) is 11.4 Å². The van der Waals surface area contributed by atoms with Crippen LogP contribution in [0, 0.1) is 0 Å². The van der Waals surface area contributed by atoms with Crippen LogP contribution in [0.3, 0.4) is 0 Å². The van der Waals surface area contributed by atoms with Crippen LogP contribution >= 0.6 is 0 Å². The van der Waals surface area contributed by atoms with E-state index in [4.69, 9.17) is 4.74 Å². The lowest BCUT2D eigenvalue weighted by Gasteiger charge is -2.33. The van der Waals surface area contributed by atoms with E-state index in [2.05, 4.69) is 59.3 Å². The summed E-state index contributed by atoms with van der Waals surface area (Å²) >= 11 is 0. The van der Waals surface area contributed by atoms with Crippen molar-refractivity contribution >= 4 is 22.9 Å². The molecule has 1 saturated heterocycles. The van der Waals surface area contributed by atoms with E-state index in [0.29, 0.717) is 43.6 Å². The third-order valence-electron chi connectivity index (χ3n) is 8.98. The summed E-state index contributed by atoms with van der Waals surface area (Å²) in [7, 11) is 2.08. The number of rotatable bonds is 11. The molecule has 1 atom stereocenters. The number of carbonyl (C=O) groups is 2. The average molecular weight is 569 g/mol. The minimum atomic E-state index is -1.37. The Bertz CT molecular complexity index is 1360. The fraction of sp³-hybridized carbons (Fsp3) is 0.444. The summed E-state index contributed by atoms with van der Waals surface area (Å²) in [5.74, 6) is -0.811. The van der Waals surface area contributed by atoms with E-state index < -0.39 is 11.5 Å². The fourth-order valence-electron chi connectivity index (χ4n) is 6.48. The molecule has 0 spiro atoms. The summed E-state index contributed by atoms with van der Waals surface area (Å²) in [5.41, 5.74) is 4.02. The molecule has 0 bridgehead atoms. The Morgan fingerprint density at radius 2 is 1.62 bits per heavy atom. The summed E-state index contributed by atoms with van der Waals surface area (Å²) in [6, 6.07) is 24.2. The van der Waals surface area contributed by atoms with Gasteiger partial charge in [0.25, 0.3) is 0 Å². The molecule has 0 radical (unpaired) electrons. The van der Waals surface area contributed by atoms with E-state index in [0.717, 1.165) is 62.3 Å². The van der Waals surface area contributed by atoms with E-state index in [1.807, 2.05) is 31.2 Å². The first kappa shape index (κ1) is 30.0. The Labute approximate surface area is 250 Å². The van der Waals surface area contributed by atoms with Gasteiger partial charge in [0.05, 0.1) is 19.1 Å². The second kappa shape index (κ2) is 13.7. The van der Waals surface area contributed by atoms with Crippen LogP contribution in [0.15, 0.2) is 72.8 Å². The second-order valence-electron chi connectivity index (χ2n) is 11.8. The lowest BCUT2D eigenvalue weighted by Crippen LogP contribution is -2.41. The Kier molecular flexibility index (Phi) is 9.76. The van der Waals surface area contributed by atoms with Gasteiger partial charge in [-0.3, -0.25) is 9.59 Å². The molecule has 222 valence electrons. The van der Waals surface area contributed by atoms with Gasteiger partial charge in [-0.25, -0.2) is 0 Å². The molecule has 1 N–H and O–H groups in total. The van der Waals surface area contributed by atoms with E-state index >= 15 is 0 Å². The topological polar surface area (TPSA) is 70.1 Å². The molecule has 2 fully saturated rings. The smallest absolute Gasteiger partial charge is 0.194 e. The maximum atomic E-state index is 13.9. The molecule has 1 saturated carbocycles. The van der Waals surface area contributed by atoms with Gasteiger partial charge in [-0.05, 0) is 48.1 Å². The molecule has 3 aromatic carbocycles. The van der Waals surface area contributed by atoms with Crippen LogP contribution in [-0.4, -0.2) is 62.2 Å². The first-order valence-corrected chi connectivity index (χ1v) is 15.5. The molecular weight excluding hydrogens is 524 g/mol. The number of benzene rings is 3. The van der Waals surface area contributed by atoms with Crippen molar-refractivity contribution in [2.45, 2.75) is 63.4 Å². The van der Waals surface area contributed by atoms with Gasteiger partial charge in [0.15, 0.2) is 5.78 Å². The van der Waals surface area contributed by atoms with E-state index in [9.17, 15) is 14.7 Å². The van der Waals surface area contributed by atoms with Crippen molar-refractivity contribution < 1.29 is 19.4 Å². The first-order valence-electron chi connectivity index (χ1n) is 15.5. The summed E-state index contributed by atoms with van der Waals surface area (Å²) < 4.78 is 5.60. The highest BCUT2D eigenvalue weighted by Crippen LogP contribution is 2.40. The molecule has 5 rings (SSSR count). The third-order valence-corrected chi connectivity index (χ3v) is 8.98. The van der Waals surface area contributed by atoms with Crippen molar-refractivity contribution in [2.24, 2.45) is 0 Å². The number of Topliss-reactive ketones (excluding diaryl/α,β-unsaturated/α-hetero) is 2. The number of anilines is 2. The number of morpholine rings is 1. The predicted octanol–water partition coefficient (Wildman–Crippen LogP) is 6.19. The van der Waals surface area contributed by atoms with Crippen molar-refractivity contribution in [2.75, 3.05) is 49.7 Å². The average Bonchev–Trinajstić information content (AvgIpc) is 3.05. The fourth-order valence-corrected chi connectivity index (χ4v) is 6.48. The number of carbonyl (C=O) groups excluding carboxylic acids is 2. The molecule has 2 aliphatic rings. The normalized spacial score (nSPS) is 17.5. The zero-order valence-corrected chi connectivity index (χ0v) is 25.1. The largest absolute Gasteiger partial charge is 0.382 e. The number of nitrogens with zero attached hydrogens (tertiary/aromatic N) is 2. The van der Waals surface area contributed by atoms with Crippen molar-refractivity contribution in [3.05, 3.63) is 95.1 Å². The Hall–Kier alpha value is -3.48. The van der Waals surface area contributed by atoms with Gasteiger partial charge in [-0.1, -0.05) is 86.8 Å². The highest BCUT2D eigenvalue weighted by molar-refractivity contribution is 6.05. The van der Waals surface area contributed by atoms with Crippen LogP contribution < -0.4 is 9.80 Å². The van der Waals surface area contributed by atoms with Crippen molar-refractivity contribution in [3.63, 3.8) is 0 Å². The van der Waals surface area contributed by atoms with Gasteiger partial charge in [0.1, 0.15) is 11.4 Å². The number of aliphatic hydroxyl groups is 1. The maximum Gasteiger partial charge on any atom is 0.194 e. The zero-order valence-electron chi connectivity index (χ0n) is 25.1. The predicted molar refractivity (Wildman–Crippen MR) is 169 cm³/mol. The maximum absolute atomic E-state index is 13.9. The minimum Gasteiger partial charge on any atom is -0.382 e. The molecule has 3 aromatic rings. The van der Waals surface area contributed by atoms with Crippen molar-refractivity contribution in [3.8, 4) is 0 Å².